The number of ether oxygens (including phenoxy) is 1. The number of anilines is 1. The Balaban J connectivity index is 3.37. The van der Waals surface area contributed by atoms with Crippen LogP contribution in [0.2, 0.25) is 0 Å². The molecule has 0 heterocycles. The number of nitrogens with zero attached hydrogens (tertiary/aromatic N) is 2. The van der Waals surface area contributed by atoms with Gasteiger partial charge >= 0.3 is 6.09 Å². The van der Waals surface area contributed by atoms with Gasteiger partial charge in [-0.05, 0) is 45.9 Å². The highest BCUT2D eigenvalue weighted by Crippen LogP contribution is 2.34. The Labute approximate surface area is 137 Å². The molecule has 0 aliphatic heterocycles. The molecule has 5 nitrogen and oxygen atoms in total. The van der Waals surface area contributed by atoms with Gasteiger partial charge in [-0.15, -0.1) is 0 Å². The van der Waals surface area contributed by atoms with Crippen LogP contribution in [0.4, 0.5) is 14.9 Å². The molecule has 0 saturated heterocycles. The number of aldehydes is 1. The van der Waals surface area contributed by atoms with E-state index in [-0.39, 0.29) is 0 Å². The van der Waals surface area contributed by atoms with Crippen molar-refractivity contribution in [1.82, 2.24) is 4.90 Å². The topological polar surface area (TPSA) is 49.9 Å². The van der Waals surface area contributed by atoms with Gasteiger partial charge in [0.1, 0.15) is 23.2 Å². The maximum absolute atomic E-state index is 13.7. The minimum absolute atomic E-state index is 0.394. The molecular weight excluding hydrogens is 299 g/mol. The van der Waals surface area contributed by atoms with Gasteiger partial charge in [-0.25, -0.2) is 9.18 Å². The van der Waals surface area contributed by atoms with Gasteiger partial charge < -0.3 is 14.4 Å². The number of likely N-dealkylation sites (N-methyl/N-ethyl adjacent to an activating group) is 1. The molecule has 1 aromatic rings. The average molecular weight is 324 g/mol. The summed E-state index contributed by atoms with van der Waals surface area (Å²) in [5.41, 5.74) is -1.01. The smallest absolute Gasteiger partial charge is 0.411 e. The molecule has 128 valence electrons. The minimum atomic E-state index is -1.36. The Bertz CT molecular complexity index is 596. The molecule has 0 fully saturated rings. The molecule has 1 aromatic carbocycles. The molecule has 0 radical (unpaired) electrons. The lowest BCUT2D eigenvalue weighted by molar-refractivity contribution is -0.117. The van der Waals surface area contributed by atoms with Crippen LogP contribution in [0.25, 0.3) is 0 Å². The van der Waals surface area contributed by atoms with E-state index < -0.39 is 23.1 Å². The lowest BCUT2D eigenvalue weighted by Gasteiger charge is -2.37. The quantitative estimate of drug-likeness (QED) is 0.798. The van der Waals surface area contributed by atoms with E-state index in [1.54, 1.807) is 52.8 Å². The van der Waals surface area contributed by atoms with E-state index in [1.165, 1.54) is 24.1 Å². The molecule has 0 N–H and O–H groups in total. The van der Waals surface area contributed by atoms with Crippen molar-refractivity contribution in [3.8, 4) is 0 Å². The van der Waals surface area contributed by atoms with Crippen molar-refractivity contribution in [1.29, 1.82) is 0 Å². The van der Waals surface area contributed by atoms with Crippen molar-refractivity contribution in [2.24, 2.45) is 0 Å². The van der Waals surface area contributed by atoms with E-state index in [9.17, 15) is 14.0 Å². The SMILES string of the molecule is CN(C)c1ccc(F)cc1C(C)(C=O)N(C)C(=O)OC(C)(C)C. The number of carbonyl (C=O) groups is 2. The number of amides is 1. The van der Waals surface area contributed by atoms with Gasteiger partial charge in [-0.2, -0.15) is 0 Å². The number of halogens is 1. The van der Waals surface area contributed by atoms with Crippen LogP contribution in [-0.2, 0) is 15.1 Å². The molecule has 1 unspecified atom stereocenters. The van der Waals surface area contributed by atoms with Crippen molar-refractivity contribution < 1.29 is 18.7 Å². The Morgan fingerprint density at radius 1 is 1.17 bits per heavy atom. The van der Waals surface area contributed by atoms with Gasteiger partial charge in [0.2, 0.25) is 0 Å². The number of carbonyl (C=O) groups excluding carboxylic acids is 2. The molecule has 0 bridgehead atoms. The summed E-state index contributed by atoms with van der Waals surface area (Å²) in [5, 5.41) is 0. The lowest BCUT2D eigenvalue weighted by Crippen LogP contribution is -2.48. The minimum Gasteiger partial charge on any atom is -0.444 e. The van der Waals surface area contributed by atoms with E-state index in [0.29, 0.717) is 17.5 Å². The molecule has 1 amide bonds. The molecule has 0 saturated carbocycles. The summed E-state index contributed by atoms with van der Waals surface area (Å²) in [7, 11) is 5.04. The Morgan fingerprint density at radius 3 is 2.17 bits per heavy atom. The molecule has 6 heteroatoms. The van der Waals surface area contributed by atoms with Gasteiger partial charge in [0, 0.05) is 32.4 Å². The number of rotatable bonds is 4. The van der Waals surface area contributed by atoms with Crippen molar-refractivity contribution in [2.75, 3.05) is 26.0 Å². The Hall–Kier alpha value is -2.11. The van der Waals surface area contributed by atoms with Crippen molar-refractivity contribution in [3.05, 3.63) is 29.6 Å². The van der Waals surface area contributed by atoms with E-state index in [0.717, 1.165) is 0 Å². The Morgan fingerprint density at radius 2 is 1.74 bits per heavy atom. The lowest BCUT2D eigenvalue weighted by atomic mass is 9.90. The maximum Gasteiger partial charge on any atom is 0.411 e. The third-order valence-electron chi connectivity index (χ3n) is 3.58. The van der Waals surface area contributed by atoms with Crippen LogP contribution in [0.1, 0.15) is 33.3 Å². The second-order valence-corrected chi connectivity index (χ2v) is 6.86. The highest BCUT2D eigenvalue weighted by Gasteiger charge is 2.39. The fourth-order valence-corrected chi connectivity index (χ4v) is 2.15. The number of hydrogen-bond acceptors (Lipinski definition) is 4. The highest BCUT2D eigenvalue weighted by molar-refractivity contribution is 5.80. The normalized spacial score (nSPS) is 13.9. The second-order valence-electron chi connectivity index (χ2n) is 6.86. The van der Waals surface area contributed by atoms with E-state index >= 15 is 0 Å². The third kappa shape index (κ3) is 4.21. The van der Waals surface area contributed by atoms with Crippen LogP contribution < -0.4 is 4.90 Å². The van der Waals surface area contributed by atoms with Crippen LogP contribution in [0, 0.1) is 5.82 Å². The van der Waals surface area contributed by atoms with Crippen molar-refractivity contribution >= 4 is 18.1 Å². The largest absolute Gasteiger partial charge is 0.444 e. The molecule has 0 aliphatic rings. The summed E-state index contributed by atoms with van der Waals surface area (Å²) in [6, 6.07) is 4.16. The number of benzene rings is 1. The first-order valence-corrected chi connectivity index (χ1v) is 7.33. The molecule has 1 rings (SSSR count). The fourth-order valence-electron chi connectivity index (χ4n) is 2.15. The maximum atomic E-state index is 13.7. The summed E-state index contributed by atoms with van der Waals surface area (Å²) in [6.07, 6.45) is -0.0281. The zero-order valence-electron chi connectivity index (χ0n) is 14.8. The molecular formula is C17H25FN2O3. The van der Waals surface area contributed by atoms with Crippen LogP contribution in [0.5, 0.6) is 0 Å². The molecule has 1 atom stereocenters. The van der Waals surface area contributed by atoms with Crippen molar-refractivity contribution in [2.45, 2.75) is 38.8 Å². The first-order valence-electron chi connectivity index (χ1n) is 7.33. The van der Waals surface area contributed by atoms with Gasteiger partial charge in [-0.1, -0.05) is 0 Å². The standard InChI is InChI=1S/C17H25FN2O3/c1-16(2,3)23-15(22)20(7)17(4,11-21)13-10-12(18)8-9-14(13)19(5)6/h8-11H,1-7H3. The summed E-state index contributed by atoms with van der Waals surface area (Å²) >= 11 is 0. The monoisotopic (exact) mass is 324 g/mol. The van der Waals surface area contributed by atoms with Crippen LogP contribution in [0.3, 0.4) is 0 Å². The predicted molar refractivity (Wildman–Crippen MR) is 88.1 cm³/mol. The van der Waals surface area contributed by atoms with E-state index in [2.05, 4.69) is 0 Å². The van der Waals surface area contributed by atoms with Gasteiger partial charge in [-0.3, -0.25) is 4.90 Å². The summed E-state index contributed by atoms with van der Waals surface area (Å²) in [4.78, 5) is 27.1. The zero-order chi connectivity index (χ0) is 18.0. The summed E-state index contributed by atoms with van der Waals surface area (Å²) in [5.74, 6) is -0.476. The van der Waals surface area contributed by atoms with Crippen molar-refractivity contribution in [3.63, 3.8) is 0 Å². The van der Waals surface area contributed by atoms with Gasteiger partial charge in [0.05, 0.1) is 0 Å². The molecule has 23 heavy (non-hydrogen) atoms. The summed E-state index contributed by atoms with van der Waals surface area (Å²) < 4.78 is 19.1. The molecule has 0 aromatic heterocycles. The zero-order valence-corrected chi connectivity index (χ0v) is 14.8. The molecule has 0 spiro atoms. The Kier molecular flexibility index (Phi) is 5.40. The predicted octanol–water partition coefficient (Wildman–Crippen LogP) is 3.17. The third-order valence-corrected chi connectivity index (χ3v) is 3.58. The first-order chi connectivity index (χ1) is 10.4. The van der Waals surface area contributed by atoms with Gasteiger partial charge in [0.25, 0.3) is 0 Å². The van der Waals surface area contributed by atoms with E-state index in [4.69, 9.17) is 4.74 Å². The summed E-state index contributed by atoms with van der Waals surface area (Å²) in [6.45, 7) is 6.78. The average Bonchev–Trinajstić information content (AvgIpc) is 2.43. The van der Waals surface area contributed by atoms with Crippen LogP contribution in [-0.4, -0.2) is 44.0 Å². The van der Waals surface area contributed by atoms with Crippen LogP contribution in [0.15, 0.2) is 18.2 Å². The fraction of sp³-hybridized carbons (Fsp3) is 0.529. The van der Waals surface area contributed by atoms with Crippen LogP contribution >= 0.6 is 0 Å². The highest BCUT2D eigenvalue weighted by atomic mass is 19.1. The molecule has 0 aliphatic carbocycles. The first kappa shape index (κ1) is 18.9. The van der Waals surface area contributed by atoms with Gasteiger partial charge in [0.15, 0.2) is 0 Å². The number of hydrogen-bond donors (Lipinski definition) is 0. The van der Waals surface area contributed by atoms with E-state index in [1.807, 2.05) is 0 Å². The second kappa shape index (κ2) is 6.56.